The summed E-state index contributed by atoms with van der Waals surface area (Å²) in [5, 5.41) is 16.0. The van der Waals surface area contributed by atoms with Gasteiger partial charge in [-0.3, -0.25) is 5.01 Å². The van der Waals surface area contributed by atoms with Crippen molar-refractivity contribution in [3.63, 3.8) is 0 Å². The number of unbranched alkanes of at least 4 members (excludes halogenated alkanes) is 4. The molecule has 0 radical (unpaired) electrons. The van der Waals surface area contributed by atoms with E-state index in [1.54, 1.807) is 0 Å². The molecular formula is C11H22BrN3O. The van der Waals surface area contributed by atoms with Gasteiger partial charge >= 0.3 is 0 Å². The van der Waals surface area contributed by atoms with Gasteiger partial charge in [0.05, 0.1) is 0 Å². The second-order valence-electron chi connectivity index (χ2n) is 4.32. The zero-order valence-corrected chi connectivity index (χ0v) is 11.8. The summed E-state index contributed by atoms with van der Waals surface area (Å²) in [6, 6.07) is 0. The Morgan fingerprint density at radius 1 is 1.38 bits per heavy atom. The van der Waals surface area contributed by atoms with Crippen molar-refractivity contribution in [2.45, 2.75) is 51.7 Å². The zero-order chi connectivity index (χ0) is 12.0. The lowest BCUT2D eigenvalue weighted by Gasteiger charge is -2.24. The number of hydrazone groups is 1. The Kier molecular flexibility index (Phi) is 6.13. The Bertz CT molecular complexity index is 235. The van der Waals surface area contributed by atoms with Crippen LogP contribution in [0.15, 0.2) is 5.10 Å². The molecule has 1 heterocycles. The summed E-state index contributed by atoms with van der Waals surface area (Å²) in [5.74, 6) is 0. The van der Waals surface area contributed by atoms with Crippen molar-refractivity contribution in [2.24, 2.45) is 5.10 Å². The molecule has 0 aromatic heterocycles. The Labute approximate surface area is 106 Å². The molecule has 0 aromatic rings. The van der Waals surface area contributed by atoms with Gasteiger partial charge in [-0.2, -0.15) is 5.10 Å². The van der Waals surface area contributed by atoms with Crippen LogP contribution in [0.25, 0.3) is 0 Å². The molecule has 1 aliphatic heterocycles. The standard InChI is InChI=1S/C11H22BrN3O/c1-3-4-5-6-7-8-10(16)15-9-14(2)13-11(15)12/h10,16H,3-9H2,1-2H3. The first-order valence-electron chi connectivity index (χ1n) is 6.05. The van der Waals surface area contributed by atoms with E-state index in [1.165, 1.54) is 25.7 Å². The average Bonchev–Trinajstić information content (AvgIpc) is 2.57. The Morgan fingerprint density at radius 3 is 2.62 bits per heavy atom. The molecule has 4 nitrogen and oxygen atoms in total. The van der Waals surface area contributed by atoms with Crippen LogP contribution in [-0.4, -0.2) is 39.7 Å². The summed E-state index contributed by atoms with van der Waals surface area (Å²) in [7, 11) is 1.90. The van der Waals surface area contributed by atoms with Gasteiger partial charge in [0, 0.05) is 7.05 Å². The predicted molar refractivity (Wildman–Crippen MR) is 70.2 cm³/mol. The molecule has 0 aromatic carbocycles. The first kappa shape index (κ1) is 13.8. The number of hydrogen-bond acceptors (Lipinski definition) is 4. The molecule has 0 spiro atoms. The van der Waals surface area contributed by atoms with Crippen molar-refractivity contribution < 1.29 is 5.11 Å². The molecule has 0 saturated carbocycles. The highest BCUT2D eigenvalue weighted by Gasteiger charge is 2.24. The normalized spacial score (nSPS) is 17.9. The third-order valence-corrected chi connectivity index (χ3v) is 3.39. The van der Waals surface area contributed by atoms with Crippen molar-refractivity contribution in [1.29, 1.82) is 0 Å². The van der Waals surface area contributed by atoms with E-state index in [1.807, 2.05) is 17.0 Å². The molecule has 1 atom stereocenters. The van der Waals surface area contributed by atoms with Crippen LogP contribution in [0.2, 0.25) is 0 Å². The third-order valence-electron chi connectivity index (χ3n) is 2.77. The van der Waals surface area contributed by atoms with Gasteiger partial charge in [0.1, 0.15) is 12.9 Å². The van der Waals surface area contributed by atoms with Crippen molar-refractivity contribution in [1.82, 2.24) is 9.91 Å². The van der Waals surface area contributed by atoms with Crippen molar-refractivity contribution in [2.75, 3.05) is 13.7 Å². The Hall–Kier alpha value is -0.290. The van der Waals surface area contributed by atoms with E-state index in [4.69, 9.17) is 0 Å². The van der Waals surface area contributed by atoms with Gasteiger partial charge in [0.2, 0.25) is 0 Å². The van der Waals surface area contributed by atoms with Crippen LogP contribution >= 0.6 is 15.9 Å². The highest BCUT2D eigenvalue weighted by molar-refractivity contribution is 9.18. The van der Waals surface area contributed by atoms with E-state index < -0.39 is 6.23 Å². The van der Waals surface area contributed by atoms with Crippen molar-refractivity contribution >= 4 is 20.7 Å². The number of aliphatic hydroxyl groups excluding tert-OH is 1. The fourth-order valence-corrected chi connectivity index (χ4v) is 2.43. The van der Waals surface area contributed by atoms with E-state index in [0.717, 1.165) is 17.6 Å². The largest absolute Gasteiger partial charge is 0.373 e. The number of rotatable bonds is 7. The van der Waals surface area contributed by atoms with Gasteiger partial charge in [-0.05, 0) is 28.8 Å². The Balaban J connectivity index is 2.15. The summed E-state index contributed by atoms with van der Waals surface area (Å²) in [5.41, 5.74) is 0. The van der Waals surface area contributed by atoms with Gasteiger partial charge in [0.15, 0.2) is 4.74 Å². The maximum absolute atomic E-state index is 9.98. The third kappa shape index (κ3) is 4.29. The highest BCUT2D eigenvalue weighted by Crippen LogP contribution is 2.17. The first-order valence-corrected chi connectivity index (χ1v) is 6.84. The number of nitrogens with zero attached hydrogens (tertiary/aromatic N) is 3. The van der Waals surface area contributed by atoms with Crippen LogP contribution in [0.1, 0.15) is 45.4 Å². The summed E-state index contributed by atoms with van der Waals surface area (Å²) in [6.45, 7) is 2.87. The van der Waals surface area contributed by atoms with E-state index in [-0.39, 0.29) is 0 Å². The molecule has 0 aliphatic carbocycles. The molecule has 0 fully saturated rings. The minimum Gasteiger partial charge on any atom is -0.373 e. The maximum Gasteiger partial charge on any atom is 0.195 e. The summed E-state index contributed by atoms with van der Waals surface area (Å²) >= 11 is 3.35. The van der Waals surface area contributed by atoms with Crippen LogP contribution in [-0.2, 0) is 0 Å². The molecule has 0 saturated heterocycles. The fraction of sp³-hybridized carbons (Fsp3) is 0.909. The van der Waals surface area contributed by atoms with Gasteiger partial charge < -0.3 is 10.0 Å². The average molecular weight is 292 g/mol. The second-order valence-corrected chi connectivity index (χ2v) is 5.03. The summed E-state index contributed by atoms with van der Waals surface area (Å²) in [4.78, 5) is 1.87. The van der Waals surface area contributed by atoms with Gasteiger partial charge in [0.25, 0.3) is 0 Å². The molecule has 94 valence electrons. The molecular weight excluding hydrogens is 270 g/mol. The van der Waals surface area contributed by atoms with Gasteiger partial charge in [-0.25, -0.2) is 0 Å². The van der Waals surface area contributed by atoms with Crippen LogP contribution in [0.4, 0.5) is 0 Å². The van der Waals surface area contributed by atoms with E-state index in [2.05, 4.69) is 28.0 Å². The first-order chi connectivity index (χ1) is 7.65. The predicted octanol–water partition coefficient (Wildman–Crippen LogP) is 2.54. The smallest absolute Gasteiger partial charge is 0.195 e. The minimum atomic E-state index is -0.412. The quantitative estimate of drug-likeness (QED) is 0.579. The number of halogens is 1. The lowest BCUT2D eigenvalue weighted by Crippen LogP contribution is -2.37. The molecule has 1 rings (SSSR count). The van der Waals surface area contributed by atoms with Gasteiger partial charge in [-0.15, -0.1) is 0 Å². The van der Waals surface area contributed by atoms with Crippen LogP contribution in [0.3, 0.4) is 0 Å². The highest BCUT2D eigenvalue weighted by atomic mass is 79.9. The molecule has 0 amide bonds. The number of amidine groups is 1. The zero-order valence-electron chi connectivity index (χ0n) is 10.2. The topological polar surface area (TPSA) is 39.1 Å². The maximum atomic E-state index is 9.98. The van der Waals surface area contributed by atoms with Crippen molar-refractivity contribution in [3.8, 4) is 0 Å². The molecule has 1 unspecified atom stereocenters. The molecule has 1 N–H and O–H groups in total. The van der Waals surface area contributed by atoms with Gasteiger partial charge in [-0.1, -0.05) is 32.6 Å². The summed E-state index contributed by atoms with van der Waals surface area (Å²) < 4.78 is 0.732. The number of aliphatic hydroxyl groups is 1. The van der Waals surface area contributed by atoms with Crippen LogP contribution in [0, 0.1) is 0 Å². The second kappa shape index (κ2) is 7.12. The van der Waals surface area contributed by atoms with Crippen LogP contribution < -0.4 is 0 Å². The summed E-state index contributed by atoms with van der Waals surface area (Å²) in [6.07, 6.45) is 6.54. The lowest BCUT2D eigenvalue weighted by atomic mass is 10.1. The molecule has 1 aliphatic rings. The Morgan fingerprint density at radius 2 is 2.06 bits per heavy atom. The van der Waals surface area contributed by atoms with E-state index >= 15 is 0 Å². The fourth-order valence-electron chi connectivity index (χ4n) is 1.81. The molecule has 16 heavy (non-hydrogen) atoms. The molecule has 5 heteroatoms. The number of hydrogen-bond donors (Lipinski definition) is 1. The van der Waals surface area contributed by atoms with E-state index in [9.17, 15) is 5.11 Å². The lowest BCUT2D eigenvalue weighted by molar-refractivity contribution is 0.0329. The van der Waals surface area contributed by atoms with Crippen molar-refractivity contribution in [3.05, 3.63) is 0 Å². The van der Waals surface area contributed by atoms with Crippen LogP contribution in [0.5, 0.6) is 0 Å². The SMILES string of the molecule is CCCCCCCC(O)N1CN(C)N=C1Br. The monoisotopic (exact) mass is 291 g/mol. The molecule has 0 bridgehead atoms. The van der Waals surface area contributed by atoms with E-state index in [0.29, 0.717) is 6.67 Å². The minimum absolute atomic E-state index is 0.412.